The third kappa shape index (κ3) is 5.29. The van der Waals surface area contributed by atoms with E-state index >= 15 is 0 Å². The average Bonchev–Trinajstić information content (AvgIpc) is 3.28. The van der Waals surface area contributed by atoms with E-state index in [0.717, 1.165) is 48.5 Å². The molecule has 0 spiro atoms. The van der Waals surface area contributed by atoms with Crippen LogP contribution >= 0.6 is 23.2 Å². The Labute approximate surface area is 214 Å². The Balaban J connectivity index is 1.23. The molecule has 3 aromatic rings. The first kappa shape index (κ1) is 23.6. The summed E-state index contributed by atoms with van der Waals surface area (Å²) >= 11 is 12.3. The van der Waals surface area contributed by atoms with Crippen molar-refractivity contribution in [2.75, 3.05) is 5.32 Å². The number of aromatic nitrogens is 2. The molecule has 1 unspecified atom stereocenters. The Kier molecular flexibility index (Phi) is 6.93. The predicted molar refractivity (Wildman–Crippen MR) is 140 cm³/mol. The van der Waals surface area contributed by atoms with E-state index in [4.69, 9.17) is 28.2 Å². The molecule has 35 heavy (non-hydrogen) atoms. The summed E-state index contributed by atoms with van der Waals surface area (Å²) in [4.78, 5) is 33.3. The number of amides is 2. The first-order valence-electron chi connectivity index (χ1n) is 11.9. The molecule has 8 heteroatoms. The summed E-state index contributed by atoms with van der Waals surface area (Å²) in [5, 5.41) is 6.62. The highest BCUT2D eigenvalue weighted by Gasteiger charge is 2.25. The molecular formula is C27H26Cl2N4O2. The van der Waals surface area contributed by atoms with Crippen molar-refractivity contribution in [1.82, 2.24) is 15.3 Å². The van der Waals surface area contributed by atoms with Crippen molar-refractivity contribution in [3.8, 4) is 11.4 Å². The van der Waals surface area contributed by atoms with Crippen LogP contribution in [0.4, 0.5) is 5.69 Å². The van der Waals surface area contributed by atoms with Crippen molar-refractivity contribution >= 4 is 46.8 Å². The largest absolute Gasteiger partial charge is 0.349 e. The molecule has 0 saturated heterocycles. The maximum Gasteiger partial charge on any atom is 0.258 e. The van der Waals surface area contributed by atoms with Gasteiger partial charge in [0, 0.05) is 29.3 Å². The second-order valence-corrected chi connectivity index (χ2v) is 9.90. The molecule has 0 radical (unpaired) electrons. The number of hydrogen-bond acceptors (Lipinski definition) is 3. The first-order valence-corrected chi connectivity index (χ1v) is 12.7. The first-order chi connectivity index (χ1) is 17.0. The van der Waals surface area contributed by atoms with E-state index in [1.807, 2.05) is 36.4 Å². The Bertz CT molecular complexity index is 1260. The van der Waals surface area contributed by atoms with Crippen molar-refractivity contribution in [1.29, 1.82) is 0 Å². The van der Waals surface area contributed by atoms with Crippen LogP contribution in [0.15, 0.2) is 48.5 Å². The molecular weight excluding hydrogens is 483 g/mol. The van der Waals surface area contributed by atoms with E-state index in [1.54, 1.807) is 18.2 Å². The molecule has 1 aromatic heterocycles. The molecule has 1 atom stereocenters. The van der Waals surface area contributed by atoms with Crippen LogP contribution in [-0.4, -0.2) is 27.8 Å². The van der Waals surface area contributed by atoms with Gasteiger partial charge in [0.15, 0.2) is 0 Å². The van der Waals surface area contributed by atoms with Gasteiger partial charge in [-0.15, -0.1) is 0 Å². The zero-order valence-corrected chi connectivity index (χ0v) is 20.6. The van der Waals surface area contributed by atoms with E-state index in [9.17, 15) is 9.59 Å². The molecule has 1 saturated carbocycles. The third-order valence-electron chi connectivity index (χ3n) is 6.63. The zero-order chi connectivity index (χ0) is 24.4. The van der Waals surface area contributed by atoms with Crippen LogP contribution in [0.1, 0.15) is 53.8 Å². The normalized spacial score (nSPS) is 17.6. The van der Waals surface area contributed by atoms with E-state index in [-0.39, 0.29) is 29.3 Å². The molecule has 2 amide bonds. The molecule has 2 aliphatic rings. The number of hydrogen-bond donors (Lipinski definition) is 3. The second kappa shape index (κ2) is 10.3. The molecule has 3 N–H and O–H groups in total. The van der Waals surface area contributed by atoms with Crippen molar-refractivity contribution in [3.05, 3.63) is 75.5 Å². The quantitative estimate of drug-likeness (QED) is 0.379. The summed E-state index contributed by atoms with van der Waals surface area (Å²) in [6.07, 6.45) is 10.2. The van der Waals surface area contributed by atoms with E-state index < -0.39 is 0 Å². The number of carbonyl (C=O) groups excluding carboxylic acids is 2. The Hall–Kier alpha value is -3.09. The summed E-state index contributed by atoms with van der Waals surface area (Å²) in [5.74, 6) is 0.682. The third-order valence-corrected chi connectivity index (χ3v) is 7.26. The number of benzene rings is 2. The summed E-state index contributed by atoms with van der Waals surface area (Å²) in [6.45, 7) is 0. The average molecular weight is 509 g/mol. The van der Waals surface area contributed by atoms with Crippen LogP contribution in [0.2, 0.25) is 10.0 Å². The number of nitrogens with one attached hydrogen (secondary N) is 3. The number of fused-ring (bicyclic) bond motifs is 1. The fourth-order valence-electron chi connectivity index (χ4n) is 4.73. The number of imidazole rings is 1. The maximum atomic E-state index is 12.6. The number of aromatic amines is 1. The highest BCUT2D eigenvalue weighted by molar-refractivity contribution is 6.40. The van der Waals surface area contributed by atoms with Crippen LogP contribution in [-0.2, 0) is 11.2 Å². The molecule has 5 rings (SSSR count). The smallest absolute Gasteiger partial charge is 0.258 e. The lowest BCUT2D eigenvalue weighted by Gasteiger charge is -2.24. The minimum Gasteiger partial charge on any atom is -0.349 e. The van der Waals surface area contributed by atoms with Crippen LogP contribution in [0.3, 0.4) is 0 Å². The molecule has 2 aromatic carbocycles. The molecule has 2 aliphatic carbocycles. The van der Waals surface area contributed by atoms with Gasteiger partial charge in [0.2, 0.25) is 5.91 Å². The number of carbonyl (C=O) groups is 2. The van der Waals surface area contributed by atoms with Crippen molar-refractivity contribution < 1.29 is 9.59 Å². The Morgan fingerprint density at radius 1 is 0.971 bits per heavy atom. The van der Waals surface area contributed by atoms with Crippen molar-refractivity contribution in [2.45, 2.75) is 44.6 Å². The lowest BCUT2D eigenvalue weighted by molar-refractivity contribution is -0.126. The zero-order valence-electron chi connectivity index (χ0n) is 19.1. The van der Waals surface area contributed by atoms with Gasteiger partial charge in [0.25, 0.3) is 5.91 Å². The number of nitrogens with zero attached hydrogens (tertiary/aromatic N) is 1. The SMILES string of the molecule is O=C(Nc1ccc(-c2nc3c([nH]2)CC(NC(=O)C2CCCCC2)C=C3)cc1)c1c(Cl)cccc1Cl. The van der Waals surface area contributed by atoms with Gasteiger partial charge in [-0.05, 0) is 55.3 Å². The van der Waals surface area contributed by atoms with Gasteiger partial charge in [0.05, 0.1) is 27.3 Å². The van der Waals surface area contributed by atoms with Gasteiger partial charge in [0.1, 0.15) is 5.82 Å². The van der Waals surface area contributed by atoms with E-state index in [0.29, 0.717) is 22.2 Å². The number of anilines is 1. The van der Waals surface area contributed by atoms with Gasteiger partial charge in [-0.3, -0.25) is 9.59 Å². The molecule has 6 nitrogen and oxygen atoms in total. The lowest BCUT2D eigenvalue weighted by Crippen LogP contribution is -2.40. The van der Waals surface area contributed by atoms with Crippen molar-refractivity contribution in [3.63, 3.8) is 0 Å². The fraction of sp³-hybridized carbons (Fsp3) is 0.296. The van der Waals surface area contributed by atoms with Crippen molar-refractivity contribution in [2.24, 2.45) is 5.92 Å². The fourth-order valence-corrected chi connectivity index (χ4v) is 5.30. The summed E-state index contributed by atoms with van der Waals surface area (Å²) in [7, 11) is 0. The molecule has 1 fully saturated rings. The molecule has 180 valence electrons. The standard InChI is InChI=1S/C27H26Cl2N4O2/c28-20-7-4-8-21(29)24(20)27(35)30-18-11-9-16(10-12-18)25-32-22-14-13-19(15-23(22)33-25)31-26(34)17-5-2-1-3-6-17/h4,7-14,17,19H,1-3,5-6,15H2,(H,30,35)(H,31,34)(H,32,33). The second-order valence-electron chi connectivity index (χ2n) is 9.09. The maximum absolute atomic E-state index is 12.6. The lowest BCUT2D eigenvalue weighted by atomic mass is 9.88. The molecule has 1 heterocycles. The topological polar surface area (TPSA) is 86.9 Å². The Morgan fingerprint density at radius 2 is 1.69 bits per heavy atom. The van der Waals surface area contributed by atoms with E-state index in [1.165, 1.54) is 6.42 Å². The van der Waals surface area contributed by atoms with Gasteiger partial charge in [-0.25, -0.2) is 4.98 Å². The summed E-state index contributed by atoms with van der Waals surface area (Å²) in [5.41, 5.74) is 3.65. The molecule has 0 bridgehead atoms. The monoisotopic (exact) mass is 508 g/mol. The summed E-state index contributed by atoms with van der Waals surface area (Å²) in [6, 6.07) is 12.3. The number of halogens is 2. The van der Waals surface area contributed by atoms with Crippen LogP contribution in [0.25, 0.3) is 17.5 Å². The van der Waals surface area contributed by atoms with Gasteiger partial charge >= 0.3 is 0 Å². The van der Waals surface area contributed by atoms with Crippen LogP contribution in [0.5, 0.6) is 0 Å². The Morgan fingerprint density at radius 3 is 2.40 bits per heavy atom. The summed E-state index contributed by atoms with van der Waals surface area (Å²) < 4.78 is 0. The predicted octanol–water partition coefficient (Wildman–Crippen LogP) is 6.27. The van der Waals surface area contributed by atoms with Gasteiger partial charge in [-0.2, -0.15) is 0 Å². The molecule has 0 aliphatic heterocycles. The highest BCUT2D eigenvalue weighted by Crippen LogP contribution is 2.28. The van der Waals surface area contributed by atoms with E-state index in [2.05, 4.69) is 15.6 Å². The minimum atomic E-state index is -0.367. The number of rotatable bonds is 5. The number of H-pyrrole nitrogens is 1. The van der Waals surface area contributed by atoms with Gasteiger partial charge in [-0.1, -0.05) is 54.6 Å². The highest BCUT2D eigenvalue weighted by atomic mass is 35.5. The minimum absolute atomic E-state index is 0.0283. The van der Waals surface area contributed by atoms with Gasteiger partial charge < -0.3 is 15.6 Å². The van der Waals surface area contributed by atoms with Crippen LogP contribution < -0.4 is 10.6 Å². The van der Waals surface area contributed by atoms with Crippen LogP contribution in [0, 0.1) is 5.92 Å².